The first-order valence-corrected chi connectivity index (χ1v) is 6.75. The van der Waals surface area contributed by atoms with Gasteiger partial charge in [0.25, 0.3) is 5.56 Å². The summed E-state index contributed by atoms with van der Waals surface area (Å²) in [6.45, 7) is 6.76. The number of anilines is 1. The smallest absolute Gasteiger partial charge is 0.274 e. The lowest BCUT2D eigenvalue weighted by Crippen LogP contribution is -2.30. The van der Waals surface area contributed by atoms with Gasteiger partial charge in [0, 0.05) is 32.4 Å². The Labute approximate surface area is 113 Å². The highest BCUT2D eigenvalue weighted by Gasteiger charge is 2.17. The van der Waals surface area contributed by atoms with E-state index in [2.05, 4.69) is 5.32 Å². The van der Waals surface area contributed by atoms with E-state index in [9.17, 15) is 9.59 Å². The molecule has 19 heavy (non-hydrogen) atoms. The number of pyridine rings is 1. The number of hydrogen-bond acceptors (Lipinski definition) is 3. The molecule has 5 heteroatoms. The number of rotatable bonds is 2. The largest absolute Gasteiger partial charge is 0.381 e. The Morgan fingerprint density at radius 3 is 2.58 bits per heavy atom. The lowest BCUT2D eigenvalue weighted by Gasteiger charge is -2.24. The SMILES string of the molecule is CC.CC(=O)Nc1cccn(C2CCOCC2)c1=O. The molecule has 1 saturated heterocycles. The molecule has 1 aromatic rings. The molecule has 2 heterocycles. The van der Waals surface area contributed by atoms with E-state index in [0.29, 0.717) is 18.9 Å². The van der Waals surface area contributed by atoms with Crippen LogP contribution < -0.4 is 10.9 Å². The van der Waals surface area contributed by atoms with Crippen molar-refractivity contribution in [3.05, 3.63) is 28.7 Å². The lowest BCUT2D eigenvalue weighted by molar-refractivity contribution is -0.114. The second-order valence-electron chi connectivity index (χ2n) is 4.16. The molecular weight excluding hydrogens is 244 g/mol. The Morgan fingerprint density at radius 1 is 1.37 bits per heavy atom. The molecule has 1 amide bonds. The van der Waals surface area contributed by atoms with Gasteiger partial charge in [-0.2, -0.15) is 0 Å². The van der Waals surface area contributed by atoms with E-state index in [1.54, 1.807) is 22.9 Å². The van der Waals surface area contributed by atoms with Crippen molar-refractivity contribution in [2.75, 3.05) is 18.5 Å². The predicted molar refractivity (Wildman–Crippen MR) is 75.4 cm³/mol. The van der Waals surface area contributed by atoms with Gasteiger partial charge >= 0.3 is 0 Å². The molecule has 106 valence electrons. The molecule has 2 rings (SSSR count). The van der Waals surface area contributed by atoms with Crippen LogP contribution in [0.15, 0.2) is 23.1 Å². The summed E-state index contributed by atoms with van der Waals surface area (Å²) >= 11 is 0. The van der Waals surface area contributed by atoms with Crippen LogP contribution >= 0.6 is 0 Å². The number of amides is 1. The Kier molecular flexibility index (Phi) is 6.29. The van der Waals surface area contributed by atoms with Crippen LogP contribution in [0.5, 0.6) is 0 Å². The van der Waals surface area contributed by atoms with Gasteiger partial charge in [-0.25, -0.2) is 0 Å². The van der Waals surface area contributed by atoms with E-state index in [-0.39, 0.29) is 17.5 Å². The summed E-state index contributed by atoms with van der Waals surface area (Å²) in [7, 11) is 0. The molecule has 5 nitrogen and oxygen atoms in total. The molecule has 0 saturated carbocycles. The maximum atomic E-state index is 12.1. The van der Waals surface area contributed by atoms with Gasteiger partial charge in [-0.3, -0.25) is 9.59 Å². The average Bonchev–Trinajstić information content (AvgIpc) is 2.44. The second-order valence-corrected chi connectivity index (χ2v) is 4.16. The van der Waals surface area contributed by atoms with E-state index in [4.69, 9.17) is 4.74 Å². The third-order valence-corrected chi connectivity index (χ3v) is 2.87. The topological polar surface area (TPSA) is 60.3 Å². The minimum atomic E-state index is -0.230. The van der Waals surface area contributed by atoms with Crippen molar-refractivity contribution in [2.45, 2.75) is 39.7 Å². The van der Waals surface area contributed by atoms with Crippen molar-refractivity contribution in [3.63, 3.8) is 0 Å². The number of nitrogens with one attached hydrogen (secondary N) is 1. The van der Waals surface area contributed by atoms with Crippen molar-refractivity contribution >= 4 is 11.6 Å². The van der Waals surface area contributed by atoms with Gasteiger partial charge in [-0.15, -0.1) is 0 Å². The zero-order chi connectivity index (χ0) is 14.3. The quantitative estimate of drug-likeness (QED) is 0.892. The van der Waals surface area contributed by atoms with Crippen molar-refractivity contribution in [2.24, 2.45) is 0 Å². The summed E-state index contributed by atoms with van der Waals surface area (Å²) in [6.07, 6.45) is 3.44. The van der Waals surface area contributed by atoms with Crippen LogP contribution in [0.4, 0.5) is 5.69 Å². The van der Waals surface area contributed by atoms with Crippen LogP contribution in [0.3, 0.4) is 0 Å². The first-order valence-electron chi connectivity index (χ1n) is 6.75. The summed E-state index contributed by atoms with van der Waals surface area (Å²) in [5.74, 6) is -0.230. The highest BCUT2D eigenvalue weighted by Crippen LogP contribution is 2.19. The fraction of sp³-hybridized carbons (Fsp3) is 0.571. The first kappa shape index (κ1) is 15.4. The highest BCUT2D eigenvalue weighted by molar-refractivity contribution is 5.88. The van der Waals surface area contributed by atoms with Crippen molar-refractivity contribution in [3.8, 4) is 0 Å². The van der Waals surface area contributed by atoms with Gasteiger partial charge in [0.15, 0.2) is 0 Å². The number of nitrogens with zero attached hydrogens (tertiary/aromatic N) is 1. The summed E-state index contributed by atoms with van der Waals surface area (Å²) in [5, 5.41) is 2.55. The van der Waals surface area contributed by atoms with Crippen LogP contribution in [0.1, 0.15) is 39.7 Å². The Balaban J connectivity index is 0.000000861. The van der Waals surface area contributed by atoms with Crippen molar-refractivity contribution < 1.29 is 9.53 Å². The molecule has 0 aliphatic carbocycles. The average molecular weight is 266 g/mol. The number of carbonyl (C=O) groups excluding carboxylic acids is 1. The van der Waals surface area contributed by atoms with Crippen molar-refractivity contribution in [1.29, 1.82) is 0 Å². The third-order valence-electron chi connectivity index (χ3n) is 2.87. The zero-order valence-electron chi connectivity index (χ0n) is 11.8. The van der Waals surface area contributed by atoms with E-state index in [0.717, 1.165) is 12.8 Å². The standard InChI is InChI=1S/C12H16N2O3.C2H6/c1-9(15)13-11-3-2-6-14(12(11)16)10-4-7-17-8-5-10;1-2/h2-3,6,10H,4-5,7-8H2,1H3,(H,13,15);1-2H3. The Morgan fingerprint density at radius 2 is 2.00 bits per heavy atom. The van der Waals surface area contributed by atoms with Crippen LogP contribution in [0.2, 0.25) is 0 Å². The zero-order valence-corrected chi connectivity index (χ0v) is 11.8. The predicted octanol–water partition coefficient (Wildman–Crippen LogP) is 2.18. The third kappa shape index (κ3) is 4.21. The van der Waals surface area contributed by atoms with Gasteiger partial charge in [0.2, 0.25) is 5.91 Å². The van der Waals surface area contributed by atoms with Gasteiger partial charge in [0.1, 0.15) is 5.69 Å². The minimum Gasteiger partial charge on any atom is -0.381 e. The number of carbonyl (C=O) groups is 1. The van der Waals surface area contributed by atoms with Gasteiger partial charge < -0.3 is 14.6 Å². The normalized spacial score (nSPS) is 15.3. The first-order chi connectivity index (χ1) is 9.18. The molecule has 0 atom stereocenters. The maximum Gasteiger partial charge on any atom is 0.274 e. The number of aromatic nitrogens is 1. The highest BCUT2D eigenvalue weighted by atomic mass is 16.5. The molecule has 1 fully saturated rings. The minimum absolute atomic E-state index is 0.144. The second kappa shape index (κ2) is 7.74. The summed E-state index contributed by atoms with van der Waals surface area (Å²) in [4.78, 5) is 23.1. The molecule has 0 unspecified atom stereocenters. The monoisotopic (exact) mass is 266 g/mol. The van der Waals surface area contributed by atoms with Crippen LogP contribution in [0.25, 0.3) is 0 Å². The molecule has 0 aromatic carbocycles. The molecular formula is C14H22N2O3. The van der Waals surface area contributed by atoms with E-state index < -0.39 is 0 Å². The fourth-order valence-electron chi connectivity index (χ4n) is 2.05. The van der Waals surface area contributed by atoms with E-state index in [1.807, 2.05) is 13.8 Å². The van der Waals surface area contributed by atoms with E-state index >= 15 is 0 Å². The maximum absolute atomic E-state index is 12.1. The van der Waals surface area contributed by atoms with Gasteiger partial charge in [-0.1, -0.05) is 13.8 Å². The van der Waals surface area contributed by atoms with Crippen LogP contribution in [-0.4, -0.2) is 23.7 Å². The van der Waals surface area contributed by atoms with Gasteiger partial charge in [0.05, 0.1) is 0 Å². The molecule has 1 aliphatic heterocycles. The Bertz CT molecular complexity index is 462. The van der Waals surface area contributed by atoms with Crippen molar-refractivity contribution in [1.82, 2.24) is 4.57 Å². The summed E-state index contributed by atoms with van der Waals surface area (Å²) in [5.41, 5.74) is 0.195. The lowest BCUT2D eigenvalue weighted by atomic mass is 10.1. The Hall–Kier alpha value is -1.62. The molecule has 0 bridgehead atoms. The van der Waals surface area contributed by atoms with Crippen LogP contribution in [-0.2, 0) is 9.53 Å². The molecule has 0 spiro atoms. The molecule has 1 N–H and O–H groups in total. The number of hydrogen-bond donors (Lipinski definition) is 1. The summed E-state index contributed by atoms with van der Waals surface area (Å²) in [6, 6.07) is 3.58. The molecule has 1 aliphatic rings. The van der Waals surface area contributed by atoms with Gasteiger partial charge in [-0.05, 0) is 25.0 Å². The molecule has 1 aromatic heterocycles. The number of ether oxygens (including phenoxy) is 1. The molecule has 0 radical (unpaired) electrons. The summed E-state index contributed by atoms with van der Waals surface area (Å²) < 4.78 is 6.96. The van der Waals surface area contributed by atoms with E-state index in [1.165, 1.54) is 6.92 Å². The fourth-order valence-corrected chi connectivity index (χ4v) is 2.05. The van der Waals surface area contributed by atoms with Crippen LogP contribution in [0, 0.1) is 0 Å².